The zero-order chi connectivity index (χ0) is 10.8. The molecule has 0 fully saturated rings. The third-order valence-electron chi connectivity index (χ3n) is 1.26. The van der Waals surface area contributed by atoms with Crippen LogP contribution in [0.4, 0.5) is 10.6 Å². The number of rotatable bonds is 1. The Labute approximate surface area is 86.6 Å². The van der Waals surface area contributed by atoms with Gasteiger partial charge in [0.25, 0.3) is 0 Å². The largest absolute Gasteiger partial charge is 0.442 e. The van der Waals surface area contributed by atoms with Gasteiger partial charge < -0.3 is 4.74 Å². The molecule has 1 aromatic heterocycles. The number of carbonyl (C=O) groups excluding carboxylic acids is 1. The summed E-state index contributed by atoms with van der Waals surface area (Å²) in [6, 6.07) is 1.65. The molecular weight excluding hydrogens is 202 g/mol. The molecule has 0 saturated carbocycles. The van der Waals surface area contributed by atoms with Crippen LogP contribution in [-0.2, 0) is 4.74 Å². The first-order valence-electron chi connectivity index (χ1n) is 4.08. The Morgan fingerprint density at radius 3 is 2.71 bits per heavy atom. The second-order valence-corrected chi connectivity index (χ2v) is 4.37. The van der Waals surface area contributed by atoms with Crippen molar-refractivity contribution >= 4 is 23.4 Å². The zero-order valence-corrected chi connectivity index (χ0v) is 9.17. The molecule has 0 radical (unpaired) electrons. The van der Waals surface area contributed by atoms with Gasteiger partial charge in [-0.25, -0.2) is 10.6 Å². The Bertz CT molecular complexity index is 305. The van der Waals surface area contributed by atoms with E-state index in [4.69, 9.17) is 10.6 Å². The van der Waals surface area contributed by atoms with Crippen molar-refractivity contribution in [1.29, 1.82) is 0 Å². The summed E-state index contributed by atoms with van der Waals surface area (Å²) < 4.78 is 8.96. The van der Waals surface area contributed by atoms with E-state index in [9.17, 15) is 4.79 Å². The van der Waals surface area contributed by atoms with Gasteiger partial charge in [-0.1, -0.05) is 0 Å². The van der Waals surface area contributed by atoms with Crippen LogP contribution in [0, 0.1) is 0 Å². The first kappa shape index (κ1) is 10.9. The number of anilines is 1. The number of nitrogens with zero attached hydrogens (tertiary/aromatic N) is 2. The summed E-state index contributed by atoms with van der Waals surface area (Å²) in [4.78, 5) is 11.4. The van der Waals surface area contributed by atoms with E-state index >= 15 is 0 Å². The van der Waals surface area contributed by atoms with E-state index in [0.29, 0.717) is 5.82 Å². The quantitative estimate of drug-likeness (QED) is 0.440. The van der Waals surface area contributed by atoms with Gasteiger partial charge in [-0.2, -0.15) is 9.38 Å². The molecule has 1 rings (SSSR count). The highest BCUT2D eigenvalue weighted by Gasteiger charge is 2.21. The highest BCUT2D eigenvalue weighted by atomic mass is 32.1. The lowest BCUT2D eigenvalue weighted by atomic mass is 10.2. The van der Waals surface area contributed by atoms with Gasteiger partial charge in [0.2, 0.25) is 0 Å². The van der Waals surface area contributed by atoms with Crippen molar-refractivity contribution in [2.45, 2.75) is 26.4 Å². The maximum absolute atomic E-state index is 11.4. The van der Waals surface area contributed by atoms with Gasteiger partial charge >= 0.3 is 6.09 Å². The van der Waals surface area contributed by atoms with Gasteiger partial charge in [0.1, 0.15) is 5.60 Å². The average Bonchev–Trinajstić information content (AvgIpc) is 2.51. The molecule has 14 heavy (non-hydrogen) atoms. The predicted molar refractivity (Wildman–Crippen MR) is 55.0 cm³/mol. The molecule has 1 aromatic rings. The minimum absolute atomic E-state index is 0.393. The smallest absolute Gasteiger partial charge is 0.430 e. The number of hydrogen-bond acceptors (Lipinski definition) is 5. The molecule has 1 heterocycles. The van der Waals surface area contributed by atoms with Gasteiger partial charge in [0.15, 0.2) is 5.82 Å². The van der Waals surface area contributed by atoms with Crippen LogP contribution in [-0.4, -0.2) is 16.1 Å². The Morgan fingerprint density at radius 2 is 2.29 bits per heavy atom. The normalized spacial score (nSPS) is 11.1. The molecular formula is C8H13N3O2S. The topological polar surface area (TPSA) is 68.5 Å². The van der Waals surface area contributed by atoms with Gasteiger partial charge in [0.05, 0.1) is 0 Å². The minimum atomic E-state index is -0.608. The van der Waals surface area contributed by atoms with Crippen LogP contribution in [0.25, 0.3) is 0 Å². The first-order valence-corrected chi connectivity index (χ1v) is 4.92. The van der Waals surface area contributed by atoms with E-state index in [1.807, 2.05) is 0 Å². The van der Waals surface area contributed by atoms with Crippen molar-refractivity contribution in [3.63, 3.8) is 0 Å². The molecule has 6 heteroatoms. The van der Waals surface area contributed by atoms with E-state index in [0.717, 1.165) is 5.01 Å². The Balaban J connectivity index is 2.63. The number of nitrogens with two attached hydrogens (primary N) is 1. The van der Waals surface area contributed by atoms with E-state index in [1.54, 1.807) is 32.2 Å². The number of carbonyl (C=O) groups is 1. The highest BCUT2D eigenvalue weighted by Crippen LogP contribution is 2.14. The molecule has 0 atom stereocenters. The Hall–Kier alpha value is -1.14. The van der Waals surface area contributed by atoms with Crippen molar-refractivity contribution in [3.05, 3.63) is 11.4 Å². The molecule has 1 amide bonds. The van der Waals surface area contributed by atoms with Crippen LogP contribution in [0.3, 0.4) is 0 Å². The minimum Gasteiger partial charge on any atom is -0.442 e. The number of ether oxygens (including phenoxy) is 1. The highest BCUT2D eigenvalue weighted by molar-refractivity contribution is 7.03. The maximum Gasteiger partial charge on any atom is 0.430 e. The standard InChI is InChI=1S/C8H13N3O2S/c1-8(2,3)13-7(12)11(9)6-4-5-14-10-6/h4-5H,9H2,1-3H3. The summed E-state index contributed by atoms with van der Waals surface area (Å²) in [5, 5.41) is 2.63. The summed E-state index contributed by atoms with van der Waals surface area (Å²) >= 11 is 1.22. The van der Waals surface area contributed by atoms with Crippen molar-refractivity contribution in [3.8, 4) is 0 Å². The summed E-state index contributed by atoms with van der Waals surface area (Å²) in [6.07, 6.45) is -0.608. The van der Waals surface area contributed by atoms with Crippen molar-refractivity contribution < 1.29 is 9.53 Å². The molecule has 0 aliphatic rings. The van der Waals surface area contributed by atoms with E-state index in [2.05, 4.69) is 4.37 Å². The van der Waals surface area contributed by atoms with Crippen molar-refractivity contribution in [2.75, 3.05) is 5.01 Å². The SMILES string of the molecule is CC(C)(C)OC(=O)N(N)c1ccsn1. The second kappa shape index (κ2) is 3.93. The summed E-state index contributed by atoms with van der Waals surface area (Å²) in [7, 11) is 0. The van der Waals surface area contributed by atoms with Crippen LogP contribution in [0.2, 0.25) is 0 Å². The number of hydrazine groups is 1. The monoisotopic (exact) mass is 215 g/mol. The molecule has 0 aromatic carbocycles. The molecule has 0 saturated heterocycles. The molecule has 0 unspecified atom stereocenters. The summed E-state index contributed by atoms with van der Waals surface area (Å²) in [5.74, 6) is 5.89. The molecule has 0 aliphatic heterocycles. The average molecular weight is 215 g/mol. The van der Waals surface area contributed by atoms with E-state index in [1.165, 1.54) is 11.5 Å². The van der Waals surface area contributed by atoms with Crippen LogP contribution < -0.4 is 10.9 Å². The Kier molecular flexibility index (Phi) is 3.07. The van der Waals surface area contributed by atoms with Crippen molar-refractivity contribution in [2.24, 2.45) is 5.84 Å². The third kappa shape index (κ3) is 2.97. The zero-order valence-electron chi connectivity index (χ0n) is 8.35. The lowest BCUT2D eigenvalue weighted by molar-refractivity contribution is 0.0579. The lowest BCUT2D eigenvalue weighted by Crippen LogP contribution is -2.41. The third-order valence-corrected chi connectivity index (χ3v) is 1.81. The molecule has 0 bridgehead atoms. The lowest BCUT2D eigenvalue weighted by Gasteiger charge is -2.22. The first-order chi connectivity index (χ1) is 6.40. The maximum atomic E-state index is 11.4. The van der Waals surface area contributed by atoms with E-state index < -0.39 is 11.7 Å². The fraction of sp³-hybridized carbons (Fsp3) is 0.500. The molecule has 5 nitrogen and oxygen atoms in total. The Morgan fingerprint density at radius 1 is 1.64 bits per heavy atom. The second-order valence-electron chi connectivity index (χ2n) is 3.71. The summed E-state index contributed by atoms with van der Waals surface area (Å²) in [6.45, 7) is 5.33. The van der Waals surface area contributed by atoms with Crippen LogP contribution in [0.1, 0.15) is 20.8 Å². The number of hydrogen-bond donors (Lipinski definition) is 1. The molecule has 78 valence electrons. The van der Waals surface area contributed by atoms with Crippen LogP contribution in [0.15, 0.2) is 11.4 Å². The molecule has 2 N–H and O–H groups in total. The number of amides is 1. The van der Waals surface area contributed by atoms with E-state index in [-0.39, 0.29) is 0 Å². The fourth-order valence-corrected chi connectivity index (χ4v) is 1.24. The fourth-order valence-electron chi connectivity index (χ4n) is 0.735. The van der Waals surface area contributed by atoms with Gasteiger partial charge in [-0.3, -0.25) is 0 Å². The van der Waals surface area contributed by atoms with Gasteiger partial charge in [-0.15, -0.1) is 0 Å². The molecule has 0 aliphatic carbocycles. The molecule has 0 spiro atoms. The van der Waals surface area contributed by atoms with Crippen LogP contribution >= 0.6 is 11.5 Å². The summed E-state index contributed by atoms with van der Waals surface area (Å²) in [5.41, 5.74) is -0.551. The van der Waals surface area contributed by atoms with Gasteiger partial charge in [0, 0.05) is 5.38 Å². The van der Waals surface area contributed by atoms with Crippen LogP contribution in [0.5, 0.6) is 0 Å². The predicted octanol–water partition coefficient (Wildman–Crippen LogP) is 1.76. The van der Waals surface area contributed by atoms with Crippen molar-refractivity contribution in [1.82, 2.24) is 4.37 Å². The number of aromatic nitrogens is 1. The van der Waals surface area contributed by atoms with Gasteiger partial charge in [-0.05, 0) is 38.4 Å².